The first kappa shape index (κ1) is 32.8. The molecule has 0 aliphatic heterocycles. The van der Waals surface area contributed by atoms with E-state index < -0.39 is 0 Å². The fourth-order valence-electron chi connectivity index (χ4n) is 8.99. The Balaban J connectivity index is 1.16. The molecule has 272 valence electrons. The summed E-state index contributed by atoms with van der Waals surface area (Å²) in [6.45, 7) is 0. The van der Waals surface area contributed by atoms with E-state index in [1.165, 1.54) is 47.6 Å². The van der Waals surface area contributed by atoms with Crippen LogP contribution in [0, 0.1) is 0 Å². The van der Waals surface area contributed by atoms with Crippen molar-refractivity contribution in [1.29, 1.82) is 0 Å². The molecule has 0 aliphatic rings. The van der Waals surface area contributed by atoms with Crippen LogP contribution in [-0.2, 0) is 0 Å². The maximum atomic E-state index is 6.81. The van der Waals surface area contributed by atoms with Gasteiger partial charge in [-0.05, 0) is 77.4 Å². The molecule has 12 aromatic rings. The van der Waals surface area contributed by atoms with Crippen LogP contribution in [0.5, 0.6) is 0 Å². The molecule has 12 rings (SSSR count). The number of hydrogen-bond acceptors (Lipinski definition) is 3. The lowest BCUT2D eigenvalue weighted by atomic mass is 9.95. The zero-order chi connectivity index (χ0) is 38.2. The van der Waals surface area contributed by atoms with Gasteiger partial charge in [-0.3, -0.25) is 0 Å². The Labute approximate surface area is 338 Å². The lowest BCUT2D eigenvalue weighted by molar-refractivity contribution is 0.669. The van der Waals surface area contributed by atoms with Crippen molar-refractivity contribution in [2.45, 2.75) is 0 Å². The fraction of sp³-hybridized carbons (Fsp3) is 0. The molecular weight excluding hydrogens is 725 g/mol. The van der Waals surface area contributed by atoms with Crippen LogP contribution in [0.1, 0.15) is 0 Å². The Morgan fingerprint density at radius 3 is 1.98 bits per heavy atom. The van der Waals surface area contributed by atoms with E-state index in [1.54, 1.807) is 0 Å². The van der Waals surface area contributed by atoms with Crippen molar-refractivity contribution in [3.8, 4) is 27.9 Å². The second-order valence-corrected chi connectivity index (χ2v) is 15.9. The van der Waals surface area contributed by atoms with Gasteiger partial charge < -0.3 is 13.9 Å². The molecule has 0 saturated heterocycles. The molecule has 0 saturated carbocycles. The first-order valence-corrected chi connectivity index (χ1v) is 20.5. The standard InChI is InChI=1S/C54H34N2OS/c1-3-15-35(16-4-1)46-33-36(39-22-13-24-45-43-21-9-12-28-52(43)58-54(39)45)29-32-48(46)56(49-26-14-23-44-42-20-8-11-27-51(42)57-53(44)49)38-30-31-41-40-19-7-10-25-47(40)55(50(41)34-38)37-17-5-2-6-18-37/h1-34H. The highest BCUT2D eigenvalue weighted by atomic mass is 32.1. The van der Waals surface area contributed by atoms with Crippen LogP contribution < -0.4 is 4.90 Å². The molecule has 3 aromatic heterocycles. The van der Waals surface area contributed by atoms with Crippen molar-refractivity contribution in [2.75, 3.05) is 4.90 Å². The quantitative estimate of drug-likeness (QED) is 0.168. The molecule has 0 unspecified atom stereocenters. The molecule has 4 heteroatoms. The third kappa shape index (κ3) is 5.05. The average molecular weight is 759 g/mol. The highest BCUT2D eigenvalue weighted by molar-refractivity contribution is 7.26. The van der Waals surface area contributed by atoms with Gasteiger partial charge >= 0.3 is 0 Å². The maximum absolute atomic E-state index is 6.81. The van der Waals surface area contributed by atoms with Crippen LogP contribution in [0.25, 0.3) is 91.9 Å². The number of hydrogen-bond donors (Lipinski definition) is 0. The van der Waals surface area contributed by atoms with Gasteiger partial charge in [-0.2, -0.15) is 0 Å². The summed E-state index contributed by atoms with van der Waals surface area (Å²) in [6, 6.07) is 74.4. The molecule has 0 radical (unpaired) electrons. The summed E-state index contributed by atoms with van der Waals surface area (Å²) in [6.07, 6.45) is 0. The van der Waals surface area contributed by atoms with Crippen LogP contribution in [0.15, 0.2) is 211 Å². The molecule has 0 atom stereocenters. The van der Waals surface area contributed by atoms with Gasteiger partial charge in [0.15, 0.2) is 5.58 Å². The number of nitrogens with zero attached hydrogens (tertiary/aromatic N) is 2. The normalized spacial score (nSPS) is 11.8. The molecule has 3 nitrogen and oxygen atoms in total. The summed E-state index contributed by atoms with van der Waals surface area (Å²) < 4.78 is 11.8. The van der Waals surface area contributed by atoms with Crippen LogP contribution in [0.2, 0.25) is 0 Å². The van der Waals surface area contributed by atoms with Crippen molar-refractivity contribution in [1.82, 2.24) is 4.57 Å². The average Bonchev–Trinajstić information content (AvgIpc) is 3.97. The first-order valence-electron chi connectivity index (χ1n) is 19.7. The summed E-state index contributed by atoms with van der Waals surface area (Å²) >= 11 is 1.87. The van der Waals surface area contributed by atoms with Gasteiger partial charge in [-0.15, -0.1) is 11.3 Å². The predicted molar refractivity (Wildman–Crippen MR) is 247 cm³/mol. The largest absolute Gasteiger partial charge is 0.454 e. The Bertz CT molecular complexity index is 3520. The lowest BCUT2D eigenvalue weighted by Crippen LogP contribution is -2.12. The molecule has 9 aromatic carbocycles. The van der Waals surface area contributed by atoms with Crippen molar-refractivity contribution >= 4 is 92.3 Å². The molecule has 58 heavy (non-hydrogen) atoms. The minimum atomic E-state index is 0.852. The maximum Gasteiger partial charge on any atom is 0.159 e. The number of fused-ring (bicyclic) bond motifs is 9. The smallest absolute Gasteiger partial charge is 0.159 e. The van der Waals surface area contributed by atoms with E-state index in [9.17, 15) is 0 Å². The Kier molecular flexibility index (Phi) is 7.40. The summed E-state index contributed by atoms with van der Waals surface area (Å²) in [5.74, 6) is 0. The SMILES string of the molecule is c1ccc(-c2cc(-c3cccc4c3sc3ccccc34)ccc2N(c2ccc3c4ccccc4n(-c4ccccc4)c3c2)c2cccc3c2oc2ccccc23)cc1. The van der Waals surface area contributed by atoms with Gasteiger partial charge in [-0.1, -0.05) is 146 Å². The van der Waals surface area contributed by atoms with E-state index >= 15 is 0 Å². The lowest BCUT2D eigenvalue weighted by Gasteiger charge is -2.28. The summed E-state index contributed by atoms with van der Waals surface area (Å²) in [5, 5.41) is 7.23. The third-order valence-electron chi connectivity index (χ3n) is 11.6. The summed E-state index contributed by atoms with van der Waals surface area (Å²) in [5.41, 5.74) is 12.9. The van der Waals surface area contributed by atoms with E-state index in [-0.39, 0.29) is 0 Å². The molecule has 0 spiro atoms. The second-order valence-electron chi connectivity index (χ2n) is 14.9. The number of aromatic nitrogens is 1. The van der Waals surface area contributed by atoms with Crippen molar-refractivity contribution in [2.24, 2.45) is 0 Å². The highest BCUT2D eigenvalue weighted by Crippen LogP contribution is 2.48. The van der Waals surface area contributed by atoms with Gasteiger partial charge in [0, 0.05) is 58.7 Å². The molecule has 3 heterocycles. The zero-order valence-corrected chi connectivity index (χ0v) is 32.2. The van der Waals surface area contributed by atoms with Gasteiger partial charge in [-0.25, -0.2) is 0 Å². The molecule has 0 fully saturated rings. The molecule has 0 bridgehead atoms. The Morgan fingerprint density at radius 1 is 0.414 bits per heavy atom. The number of anilines is 3. The Morgan fingerprint density at radius 2 is 1.10 bits per heavy atom. The van der Waals surface area contributed by atoms with E-state index in [2.05, 4.69) is 210 Å². The van der Waals surface area contributed by atoms with E-state index in [1.807, 2.05) is 17.4 Å². The minimum Gasteiger partial charge on any atom is -0.454 e. The summed E-state index contributed by atoms with van der Waals surface area (Å²) in [7, 11) is 0. The van der Waals surface area contributed by atoms with Gasteiger partial charge in [0.1, 0.15) is 5.58 Å². The number of rotatable bonds is 6. The number of para-hydroxylation sites is 4. The number of furan rings is 1. The first-order chi connectivity index (χ1) is 28.8. The minimum absolute atomic E-state index is 0.852. The van der Waals surface area contributed by atoms with E-state index in [0.29, 0.717) is 0 Å². The molecular formula is C54H34N2OS. The van der Waals surface area contributed by atoms with Gasteiger partial charge in [0.25, 0.3) is 0 Å². The fourth-order valence-corrected chi connectivity index (χ4v) is 10.2. The molecule has 0 aliphatic carbocycles. The predicted octanol–water partition coefficient (Wildman–Crippen LogP) is 15.9. The van der Waals surface area contributed by atoms with Crippen molar-refractivity contribution < 1.29 is 4.42 Å². The van der Waals surface area contributed by atoms with Crippen molar-refractivity contribution in [3.63, 3.8) is 0 Å². The van der Waals surface area contributed by atoms with Gasteiger partial charge in [0.05, 0.1) is 22.4 Å². The van der Waals surface area contributed by atoms with Crippen LogP contribution in [0.3, 0.4) is 0 Å². The van der Waals surface area contributed by atoms with E-state index in [4.69, 9.17) is 4.42 Å². The molecule has 0 amide bonds. The monoisotopic (exact) mass is 758 g/mol. The molecule has 0 N–H and O–H groups in total. The number of benzene rings is 9. The highest BCUT2D eigenvalue weighted by Gasteiger charge is 2.24. The van der Waals surface area contributed by atoms with Crippen LogP contribution >= 0.6 is 11.3 Å². The van der Waals surface area contributed by atoms with Crippen LogP contribution in [-0.4, -0.2) is 4.57 Å². The second kappa shape index (κ2) is 13.1. The van der Waals surface area contributed by atoms with Gasteiger partial charge in [0.2, 0.25) is 0 Å². The van der Waals surface area contributed by atoms with Crippen LogP contribution in [0.4, 0.5) is 17.1 Å². The topological polar surface area (TPSA) is 21.3 Å². The van der Waals surface area contributed by atoms with E-state index in [0.717, 1.165) is 61.3 Å². The number of thiophene rings is 1. The summed E-state index contributed by atoms with van der Waals surface area (Å²) in [4.78, 5) is 2.41. The van der Waals surface area contributed by atoms with Crippen molar-refractivity contribution in [3.05, 3.63) is 206 Å². The zero-order valence-electron chi connectivity index (χ0n) is 31.3. The Hall–Kier alpha value is -7.40. The third-order valence-corrected chi connectivity index (χ3v) is 12.8.